The van der Waals surface area contributed by atoms with Crippen LogP contribution in [0.25, 0.3) is 0 Å². The van der Waals surface area contributed by atoms with Crippen molar-refractivity contribution < 1.29 is 9.53 Å². The lowest BCUT2D eigenvalue weighted by molar-refractivity contribution is -0.130. The molecule has 21 heavy (non-hydrogen) atoms. The summed E-state index contributed by atoms with van der Waals surface area (Å²) in [5.74, 6) is 1.08. The van der Waals surface area contributed by atoms with E-state index in [1.807, 2.05) is 47.4 Å². The first kappa shape index (κ1) is 13.7. The normalized spacial score (nSPS) is 21.0. The number of hydrogen-bond donors (Lipinski definition) is 0. The van der Waals surface area contributed by atoms with Gasteiger partial charge in [-0.2, -0.15) is 0 Å². The van der Waals surface area contributed by atoms with Crippen LogP contribution in [-0.2, 0) is 4.79 Å². The SMILES string of the molecule is CC[C@H]1C(=O)N(c2ccc(OC)cc2)[C@H]1c1ccccc1. The molecule has 0 radical (unpaired) electrons. The lowest BCUT2D eigenvalue weighted by Gasteiger charge is -2.47. The van der Waals surface area contributed by atoms with E-state index in [-0.39, 0.29) is 17.9 Å². The number of methoxy groups -OCH3 is 1. The van der Waals surface area contributed by atoms with E-state index in [9.17, 15) is 4.79 Å². The molecule has 0 unspecified atom stereocenters. The minimum Gasteiger partial charge on any atom is -0.497 e. The largest absolute Gasteiger partial charge is 0.497 e. The summed E-state index contributed by atoms with van der Waals surface area (Å²) in [6.45, 7) is 2.07. The summed E-state index contributed by atoms with van der Waals surface area (Å²) in [4.78, 5) is 14.3. The Labute approximate surface area is 125 Å². The number of anilines is 1. The van der Waals surface area contributed by atoms with Crippen molar-refractivity contribution in [1.82, 2.24) is 0 Å². The Morgan fingerprint density at radius 2 is 1.71 bits per heavy atom. The molecule has 1 aliphatic rings. The standard InChI is InChI=1S/C18H19NO2/c1-3-16-17(13-7-5-4-6-8-13)19(18(16)20)14-9-11-15(21-2)12-10-14/h4-12,16-17H,3H2,1-2H3/t16-,17+/m1/s1. The summed E-state index contributed by atoms with van der Waals surface area (Å²) in [6, 6.07) is 18.0. The van der Waals surface area contributed by atoms with Gasteiger partial charge in [0.1, 0.15) is 5.75 Å². The Kier molecular flexibility index (Phi) is 3.65. The number of amides is 1. The van der Waals surface area contributed by atoms with Crippen LogP contribution in [0.3, 0.4) is 0 Å². The van der Waals surface area contributed by atoms with Crippen molar-refractivity contribution >= 4 is 11.6 Å². The molecule has 0 N–H and O–H groups in total. The Morgan fingerprint density at radius 1 is 1.05 bits per heavy atom. The zero-order valence-electron chi connectivity index (χ0n) is 12.3. The summed E-state index contributed by atoms with van der Waals surface area (Å²) in [5.41, 5.74) is 2.12. The molecule has 0 bridgehead atoms. The highest BCUT2D eigenvalue weighted by atomic mass is 16.5. The van der Waals surface area contributed by atoms with Crippen molar-refractivity contribution in [2.75, 3.05) is 12.0 Å². The Bertz CT molecular complexity index is 621. The lowest BCUT2D eigenvalue weighted by atomic mass is 9.80. The van der Waals surface area contributed by atoms with E-state index < -0.39 is 0 Å². The number of β-lactam (4-membered cyclic amide) rings is 1. The number of nitrogens with zero attached hydrogens (tertiary/aromatic N) is 1. The Balaban J connectivity index is 1.94. The Morgan fingerprint density at radius 3 is 2.29 bits per heavy atom. The van der Waals surface area contributed by atoms with Crippen molar-refractivity contribution in [3.63, 3.8) is 0 Å². The molecule has 2 aromatic rings. The molecule has 3 rings (SSSR count). The van der Waals surface area contributed by atoms with Crippen LogP contribution >= 0.6 is 0 Å². The van der Waals surface area contributed by atoms with E-state index in [4.69, 9.17) is 4.74 Å². The number of hydrogen-bond acceptors (Lipinski definition) is 2. The smallest absolute Gasteiger partial charge is 0.233 e. The molecule has 0 saturated carbocycles. The average molecular weight is 281 g/mol. The van der Waals surface area contributed by atoms with Gasteiger partial charge in [-0.1, -0.05) is 37.3 Å². The van der Waals surface area contributed by atoms with Gasteiger partial charge in [0.2, 0.25) is 5.91 Å². The van der Waals surface area contributed by atoms with Crippen molar-refractivity contribution in [3.05, 3.63) is 60.2 Å². The molecule has 1 fully saturated rings. The summed E-state index contributed by atoms with van der Waals surface area (Å²) in [6.07, 6.45) is 0.866. The van der Waals surface area contributed by atoms with Crippen LogP contribution in [0.5, 0.6) is 5.75 Å². The van der Waals surface area contributed by atoms with Gasteiger partial charge in [0.05, 0.1) is 19.1 Å². The van der Waals surface area contributed by atoms with Crippen molar-refractivity contribution in [1.29, 1.82) is 0 Å². The topological polar surface area (TPSA) is 29.5 Å². The predicted molar refractivity (Wildman–Crippen MR) is 83.4 cm³/mol. The van der Waals surface area contributed by atoms with Gasteiger partial charge >= 0.3 is 0 Å². The van der Waals surface area contributed by atoms with Crippen LogP contribution in [0, 0.1) is 5.92 Å². The van der Waals surface area contributed by atoms with E-state index >= 15 is 0 Å². The lowest BCUT2D eigenvalue weighted by Crippen LogP contribution is -2.55. The maximum atomic E-state index is 12.4. The molecule has 2 aromatic carbocycles. The van der Waals surface area contributed by atoms with E-state index in [0.717, 1.165) is 17.9 Å². The third-order valence-corrected chi connectivity index (χ3v) is 4.15. The van der Waals surface area contributed by atoms with Crippen LogP contribution < -0.4 is 9.64 Å². The molecule has 2 atom stereocenters. The van der Waals surface area contributed by atoms with Crippen molar-refractivity contribution in [2.24, 2.45) is 5.92 Å². The summed E-state index contributed by atoms with van der Waals surface area (Å²) < 4.78 is 5.18. The average Bonchev–Trinajstić information content (AvgIpc) is 2.54. The van der Waals surface area contributed by atoms with Gasteiger partial charge in [-0.25, -0.2) is 0 Å². The summed E-state index contributed by atoms with van der Waals surface area (Å²) in [7, 11) is 1.64. The van der Waals surface area contributed by atoms with Gasteiger partial charge in [-0.3, -0.25) is 4.79 Å². The van der Waals surface area contributed by atoms with E-state index in [2.05, 4.69) is 19.1 Å². The zero-order chi connectivity index (χ0) is 14.8. The highest BCUT2D eigenvalue weighted by Crippen LogP contribution is 2.45. The van der Waals surface area contributed by atoms with E-state index in [1.54, 1.807) is 7.11 Å². The fourth-order valence-corrected chi connectivity index (χ4v) is 3.01. The van der Waals surface area contributed by atoms with Gasteiger partial charge in [-0.05, 0) is 36.2 Å². The number of ether oxygens (including phenoxy) is 1. The van der Waals surface area contributed by atoms with Crippen LogP contribution in [0.15, 0.2) is 54.6 Å². The molecule has 1 saturated heterocycles. The Hall–Kier alpha value is -2.29. The van der Waals surface area contributed by atoms with Gasteiger partial charge in [-0.15, -0.1) is 0 Å². The number of rotatable bonds is 4. The number of carbonyl (C=O) groups excluding carboxylic acids is 1. The second-order valence-electron chi connectivity index (χ2n) is 5.28. The first-order valence-electron chi connectivity index (χ1n) is 7.28. The quantitative estimate of drug-likeness (QED) is 0.798. The van der Waals surface area contributed by atoms with Crippen LogP contribution in [0.4, 0.5) is 5.69 Å². The predicted octanol–water partition coefficient (Wildman–Crippen LogP) is 3.81. The van der Waals surface area contributed by atoms with Gasteiger partial charge < -0.3 is 9.64 Å². The fraction of sp³-hybridized carbons (Fsp3) is 0.278. The minimum absolute atomic E-state index is 0.0782. The second-order valence-corrected chi connectivity index (χ2v) is 5.28. The molecule has 1 amide bonds. The van der Waals surface area contributed by atoms with Gasteiger partial charge in [0.15, 0.2) is 0 Å². The molecule has 0 aromatic heterocycles. The number of carbonyl (C=O) groups is 1. The van der Waals surface area contributed by atoms with Gasteiger partial charge in [0, 0.05) is 5.69 Å². The first-order chi connectivity index (χ1) is 10.3. The molecule has 3 nitrogen and oxygen atoms in total. The fourth-order valence-electron chi connectivity index (χ4n) is 3.01. The molecule has 1 heterocycles. The zero-order valence-corrected chi connectivity index (χ0v) is 12.3. The van der Waals surface area contributed by atoms with Crippen LogP contribution in [-0.4, -0.2) is 13.0 Å². The third-order valence-electron chi connectivity index (χ3n) is 4.15. The third kappa shape index (κ3) is 2.29. The minimum atomic E-state index is 0.0782. The highest BCUT2D eigenvalue weighted by molar-refractivity contribution is 6.03. The van der Waals surface area contributed by atoms with Crippen LogP contribution in [0.1, 0.15) is 24.9 Å². The molecule has 1 aliphatic heterocycles. The molecule has 108 valence electrons. The highest BCUT2D eigenvalue weighted by Gasteiger charge is 2.47. The molecule has 3 heteroatoms. The van der Waals surface area contributed by atoms with E-state index in [1.165, 1.54) is 5.56 Å². The van der Waals surface area contributed by atoms with Gasteiger partial charge in [0.25, 0.3) is 0 Å². The number of benzene rings is 2. The molecular formula is C18H19NO2. The maximum absolute atomic E-state index is 12.4. The summed E-state index contributed by atoms with van der Waals surface area (Å²) in [5, 5.41) is 0. The van der Waals surface area contributed by atoms with Crippen molar-refractivity contribution in [3.8, 4) is 5.75 Å². The van der Waals surface area contributed by atoms with E-state index in [0.29, 0.717) is 0 Å². The van der Waals surface area contributed by atoms with Crippen molar-refractivity contribution in [2.45, 2.75) is 19.4 Å². The monoisotopic (exact) mass is 281 g/mol. The second kappa shape index (κ2) is 5.60. The molecule has 0 spiro atoms. The van der Waals surface area contributed by atoms with Crippen LogP contribution in [0.2, 0.25) is 0 Å². The maximum Gasteiger partial charge on any atom is 0.233 e. The summed E-state index contributed by atoms with van der Waals surface area (Å²) >= 11 is 0. The molecular weight excluding hydrogens is 262 g/mol. The first-order valence-corrected chi connectivity index (χ1v) is 7.28. The molecule has 0 aliphatic carbocycles.